The van der Waals surface area contributed by atoms with Crippen LogP contribution < -0.4 is 0 Å². The van der Waals surface area contributed by atoms with E-state index in [1.165, 1.54) is 77.7 Å². The lowest BCUT2D eigenvalue weighted by molar-refractivity contribution is 0.126. The van der Waals surface area contributed by atoms with Crippen LogP contribution in [-0.2, 0) is 0 Å². The fourth-order valence-corrected chi connectivity index (χ4v) is 2.91. The molecular weight excluding hydrogens is 210 g/mol. The summed E-state index contributed by atoms with van der Waals surface area (Å²) in [6.07, 6.45) is 2.83. The zero-order chi connectivity index (χ0) is 12.1. The second-order valence-electron chi connectivity index (χ2n) is 5.87. The van der Waals surface area contributed by atoms with E-state index in [1.807, 2.05) is 0 Å². The summed E-state index contributed by atoms with van der Waals surface area (Å²) in [5, 5.41) is 0. The molecule has 2 heterocycles. The summed E-state index contributed by atoms with van der Waals surface area (Å²) in [6, 6.07) is 0. The van der Waals surface area contributed by atoms with Gasteiger partial charge in [0.15, 0.2) is 0 Å². The van der Waals surface area contributed by atoms with Crippen LogP contribution in [0.1, 0.15) is 26.7 Å². The highest BCUT2D eigenvalue weighted by Gasteiger charge is 2.18. The van der Waals surface area contributed by atoms with Gasteiger partial charge in [-0.1, -0.05) is 13.8 Å². The monoisotopic (exact) mass is 238 g/mol. The predicted octanol–water partition coefficient (Wildman–Crippen LogP) is 1.31. The fourth-order valence-electron chi connectivity index (χ4n) is 2.91. The second-order valence-corrected chi connectivity index (χ2v) is 5.87. The zero-order valence-corrected chi connectivity index (χ0v) is 11.6. The van der Waals surface area contributed by atoms with E-state index in [9.17, 15) is 0 Å². The van der Waals surface area contributed by atoms with E-state index in [2.05, 4.69) is 28.5 Å². The smallest absolute Gasteiger partial charge is 0.0110 e. The van der Waals surface area contributed by atoms with Gasteiger partial charge in [-0.2, -0.15) is 0 Å². The molecule has 2 saturated heterocycles. The Kier molecular flexibility index (Phi) is 5.26. The maximum Gasteiger partial charge on any atom is 0.0110 e. The quantitative estimate of drug-likeness (QED) is 0.715. The third-order valence-corrected chi connectivity index (χ3v) is 3.94. The molecule has 1 radical (unpaired) electrons. The van der Waals surface area contributed by atoms with Crippen molar-refractivity contribution in [1.29, 1.82) is 0 Å². The molecule has 2 fully saturated rings. The van der Waals surface area contributed by atoms with E-state index >= 15 is 0 Å². The minimum absolute atomic E-state index is 1.19. The van der Waals surface area contributed by atoms with Gasteiger partial charge in [0.05, 0.1) is 0 Å². The SMILES string of the molecule is C[C](C)CN1CCN(CCN2CCCC2)CC1. The molecule has 3 heteroatoms. The lowest BCUT2D eigenvalue weighted by Gasteiger charge is -2.36. The Hall–Kier alpha value is -0.120. The molecule has 2 rings (SSSR count). The lowest BCUT2D eigenvalue weighted by atomic mass is 10.2. The van der Waals surface area contributed by atoms with E-state index in [0.717, 1.165) is 0 Å². The first-order valence-corrected chi connectivity index (χ1v) is 7.20. The molecule has 0 aromatic heterocycles. The van der Waals surface area contributed by atoms with Crippen LogP contribution in [0.3, 0.4) is 0 Å². The molecule has 0 bridgehead atoms. The van der Waals surface area contributed by atoms with Gasteiger partial charge in [0.2, 0.25) is 0 Å². The first-order chi connectivity index (χ1) is 8.24. The van der Waals surface area contributed by atoms with Gasteiger partial charge < -0.3 is 9.80 Å². The van der Waals surface area contributed by atoms with Gasteiger partial charge in [-0.25, -0.2) is 0 Å². The van der Waals surface area contributed by atoms with E-state index in [0.29, 0.717) is 0 Å². The minimum atomic E-state index is 1.19. The van der Waals surface area contributed by atoms with Crippen LogP contribution in [0.4, 0.5) is 0 Å². The van der Waals surface area contributed by atoms with Crippen LogP contribution in [0.2, 0.25) is 0 Å². The first-order valence-electron chi connectivity index (χ1n) is 7.20. The van der Waals surface area contributed by atoms with Crippen molar-refractivity contribution in [2.24, 2.45) is 0 Å². The largest absolute Gasteiger partial charge is 0.302 e. The molecule has 3 nitrogen and oxygen atoms in total. The van der Waals surface area contributed by atoms with Gasteiger partial charge in [-0.05, 0) is 31.8 Å². The van der Waals surface area contributed by atoms with Crippen molar-refractivity contribution in [3.63, 3.8) is 0 Å². The summed E-state index contributed by atoms with van der Waals surface area (Å²) >= 11 is 0. The van der Waals surface area contributed by atoms with Crippen molar-refractivity contribution in [3.05, 3.63) is 5.92 Å². The van der Waals surface area contributed by atoms with Gasteiger partial charge in [0.25, 0.3) is 0 Å². The first kappa shape index (κ1) is 13.3. The number of piperazine rings is 1. The zero-order valence-electron chi connectivity index (χ0n) is 11.6. The van der Waals surface area contributed by atoms with E-state index in [-0.39, 0.29) is 0 Å². The van der Waals surface area contributed by atoms with E-state index in [1.54, 1.807) is 0 Å². The predicted molar refractivity (Wildman–Crippen MR) is 73.1 cm³/mol. The van der Waals surface area contributed by atoms with Gasteiger partial charge in [0, 0.05) is 45.8 Å². The number of rotatable bonds is 5. The number of nitrogens with zero attached hydrogens (tertiary/aromatic N) is 3. The summed E-state index contributed by atoms with van der Waals surface area (Å²) in [6.45, 7) is 16.0. The minimum Gasteiger partial charge on any atom is -0.302 e. The maximum atomic E-state index is 2.64. The number of hydrogen-bond acceptors (Lipinski definition) is 3. The van der Waals surface area contributed by atoms with Crippen LogP contribution in [-0.4, -0.2) is 73.6 Å². The Labute approximate surface area is 107 Å². The molecule has 0 aromatic rings. The molecule has 0 atom stereocenters. The molecule has 0 aliphatic carbocycles. The van der Waals surface area contributed by atoms with Crippen molar-refractivity contribution in [2.75, 3.05) is 58.9 Å². The summed E-state index contributed by atoms with van der Waals surface area (Å²) in [5.74, 6) is 1.54. The van der Waals surface area contributed by atoms with Gasteiger partial charge in [-0.15, -0.1) is 0 Å². The fraction of sp³-hybridized carbons (Fsp3) is 0.929. The Morgan fingerprint density at radius 1 is 0.706 bits per heavy atom. The normalized spacial score (nSPS) is 24.9. The summed E-state index contributed by atoms with van der Waals surface area (Å²) < 4.78 is 0. The van der Waals surface area contributed by atoms with E-state index in [4.69, 9.17) is 0 Å². The average molecular weight is 238 g/mol. The molecule has 2 aliphatic rings. The van der Waals surface area contributed by atoms with Crippen LogP contribution >= 0.6 is 0 Å². The highest BCUT2D eigenvalue weighted by atomic mass is 15.3. The molecule has 2 aliphatic heterocycles. The lowest BCUT2D eigenvalue weighted by Crippen LogP contribution is -2.48. The van der Waals surface area contributed by atoms with Crippen molar-refractivity contribution < 1.29 is 0 Å². The van der Waals surface area contributed by atoms with Crippen LogP contribution in [0.5, 0.6) is 0 Å². The summed E-state index contributed by atoms with van der Waals surface area (Å²) in [7, 11) is 0. The van der Waals surface area contributed by atoms with Crippen LogP contribution in [0, 0.1) is 5.92 Å². The topological polar surface area (TPSA) is 9.72 Å². The third-order valence-electron chi connectivity index (χ3n) is 3.94. The summed E-state index contributed by atoms with van der Waals surface area (Å²) in [4.78, 5) is 7.85. The van der Waals surface area contributed by atoms with Crippen molar-refractivity contribution in [3.8, 4) is 0 Å². The molecule has 0 unspecified atom stereocenters. The summed E-state index contributed by atoms with van der Waals surface area (Å²) in [5.41, 5.74) is 0. The molecule has 0 N–H and O–H groups in total. The Morgan fingerprint density at radius 2 is 1.18 bits per heavy atom. The molecule has 17 heavy (non-hydrogen) atoms. The van der Waals surface area contributed by atoms with Gasteiger partial charge in [-0.3, -0.25) is 4.90 Å². The Morgan fingerprint density at radius 3 is 1.71 bits per heavy atom. The van der Waals surface area contributed by atoms with Gasteiger partial charge >= 0.3 is 0 Å². The Bertz CT molecular complexity index is 204. The molecular formula is C14H28N3. The van der Waals surface area contributed by atoms with Crippen LogP contribution in [0.15, 0.2) is 0 Å². The maximum absolute atomic E-state index is 2.64. The molecule has 0 amide bonds. The number of hydrogen-bond donors (Lipinski definition) is 0. The molecule has 0 spiro atoms. The van der Waals surface area contributed by atoms with Crippen LogP contribution in [0.25, 0.3) is 0 Å². The molecule has 0 saturated carbocycles. The van der Waals surface area contributed by atoms with Crippen molar-refractivity contribution in [2.45, 2.75) is 26.7 Å². The highest BCUT2D eigenvalue weighted by molar-refractivity contribution is 4.84. The molecule has 0 aromatic carbocycles. The average Bonchev–Trinajstić information content (AvgIpc) is 2.80. The van der Waals surface area contributed by atoms with Gasteiger partial charge in [0.1, 0.15) is 0 Å². The van der Waals surface area contributed by atoms with E-state index < -0.39 is 0 Å². The molecule has 99 valence electrons. The standard InChI is InChI=1S/C14H28N3/c1-14(2)13-17-11-9-16(10-12-17)8-7-15-5-3-4-6-15/h3-13H2,1-2H3. The highest BCUT2D eigenvalue weighted by Crippen LogP contribution is 2.09. The number of likely N-dealkylation sites (tertiary alicyclic amines) is 1. The second kappa shape index (κ2) is 6.72. The van der Waals surface area contributed by atoms with Crippen molar-refractivity contribution >= 4 is 0 Å². The third kappa shape index (κ3) is 4.57. The Balaban J connectivity index is 1.58. The van der Waals surface area contributed by atoms with Crippen molar-refractivity contribution in [1.82, 2.24) is 14.7 Å².